The van der Waals surface area contributed by atoms with Gasteiger partial charge in [0.1, 0.15) is 11.4 Å². The number of hydrogen-bond acceptors (Lipinski definition) is 2. The van der Waals surface area contributed by atoms with Gasteiger partial charge < -0.3 is 10.1 Å². The molecule has 0 aliphatic carbocycles. The molecule has 2 rings (SSSR count). The van der Waals surface area contributed by atoms with Crippen LogP contribution in [0.1, 0.15) is 50.8 Å². The second-order valence-corrected chi connectivity index (χ2v) is 6.09. The van der Waals surface area contributed by atoms with Crippen LogP contribution in [0.5, 0.6) is 5.75 Å². The number of halogens is 1. The molecule has 0 saturated carbocycles. The van der Waals surface area contributed by atoms with Crippen molar-refractivity contribution in [2.75, 3.05) is 6.54 Å². The molecule has 0 amide bonds. The van der Waals surface area contributed by atoms with E-state index in [1.54, 1.807) is 0 Å². The average molecular weight is 268 g/mol. The van der Waals surface area contributed by atoms with Gasteiger partial charge in [0.15, 0.2) is 0 Å². The Morgan fingerprint density at radius 3 is 2.83 bits per heavy atom. The lowest BCUT2D eigenvalue weighted by molar-refractivity contribution is 0.0653. The molecule has 1 atom stereocenters. The fraction of sp³-hybridized carbons (Fsp3) is 0.600. The number of rotatable bonds is 3. The third-order valence-electron chi connectivity index (χ3n) is 3.40. The van der Waals surface area contributed by atoms with Gasteiger partial charge in [0.2, 0.25) is 0 Å². The highest BCUT2D eigenvalue weighted by molar-refractivity contribution is 6.31. The molecule has 3 heteroatoms. The molecule has 2 nitrogen and oxygen atoms in total. The summed E-state index contributed by atoms with van der Waals surface area (Å²) in [4.78, 5) is 0. The summed E-state index contributed by atoms with van der Waals surface area (Å²) in [6.45, 7) is 9.53. The van der Waals surface area contributed by atoms with E-state index in [2.05, 4.69) is 33.0 Å². The van der Waals surface area contributed by atoms with E-state index in [9.17, 15) is 0 Å². The summed E-state index contributed by atoms with van der Waals surface area (Å²) in [6.07, 6.45) is 2.07. The maximum absolute atomic E-state index is 6.36. The Bertz CT molecular complexity index is 442. The van der Waals surface area contributed by atoms with Crippen LogP contribution >= 0.6 is 11.6 Å². The average Bonchev–Trinajstić information content (AvgIpc) is 2.29. The molecule has 1 aliphatic heterocycles. The monoisotopic (exact) mass is 267 g/mol. The van der Waals surface area contributed by atoms with Gasteiger partial charge in [0, 0.05) is 23.0 Å². The third kappa shape index (κ3) is 2.65. The maximum atomic E-state index is 6.36. The molecule has 0 bridgehead atoms. The number of aryl methyl sites for hydroxylation is 1. The Morgan fingerprint density at radius 2 is 2.17 bits per heavy atom. The van der Waals surface area contributed by atoms with E-state index in [0.29, 0.717) is 0 Å². The molecule has 1 N–H and O–H groups in total. The van der Waals surface area contributed by atoms with E-state index >= 15 is 0 Å². The minimum atomic E-state index is -0.145. The van der Waals surface area contributed by atoms with Crippen LogP contribution in [0, 0.1) is 6.92 Å². The lowest BCUT2D eigenvalue weighted by Gasteiger charge is -2.39. The summed E-state index contributed by atoms with van der Waals surface area (Å²) in [5, 5.41) is 4.39. The Labute approximate surface area is 115 Å². The van der Waals surface area contributed by atoms with Crippen molar-refractivity contribution in [2.24, 2.45) is 0 Å². The molecule has 1 unspecified atom stereocenters. The fourth-order valence-electron chi connectivity index (χ4n) is 2.55. The molecule has 100 valence electrons. The molecule has 18 heavy (non-hydrogen) atoms. The van der Waals surface area contributed by atoms with Crippen LogP contribution in [0.3, 0.4) is 0 Å². The third-order valence-corrected chi connectivity index (χ3v) is 3.73. The molecule has 0 spiro atoms. The molecule has 1 aliphatic rings. The lowest BCUT2D eigenvalue weighted by atomic mass is 9.88. The van der Waals surface area contributed by atoms with Gasteiger partial charge in [-0.05, 0) is 45.4 Å². The largest absolute Gasteiger partial charge is 0.487 e. The fourth-order valence-corrected chi connectivity index (χ4v) is 2.83. The summed E-state index contributed by atoms with van der Waals surface area (Å²) in [5.74, 6) is 0.965. The first-order valence-corrected chi connectivity index (χ1v) is 7.04. The number of ether oxygens (including phenoxy) is 1. The quantitative estimate of drug-likeness (QED) is 0.884. The van der Waals surface area contributed by atoms with Gasteiger partial charge in [-0.3, -0.25) is 0 Å². The van der Waals surface area contributed by atoms with Crippen LogP contribution in [-0.2, 0) is 0 Å². The van der Waals surface area contributed by atoms with Gasteiger partial charge in [-0.15, -0.1) is 0 Å². The minimum absolute atomic E-state index is 0.145. The topological polar surface area (TPSA) is 21.3 Å². The summed E-state index contributed by atoms with van der Waals surface area (Å²) in [7, 11) is 0. The minimum Gasteiger partial charge on any atom is -0.487 e. The van der Waals surface area contributed by atoms with Crippen LogP contribution in [0.4, 0.5) is 0 Å². The van der Waals surface area contributed by atoms with Gasteiger partial charge in [-0.2, -0.15) is 0 Å². The van der Waals surface area contributed by atoms with Crippen LogP contribution in [-0.4, -0.2) is 12.1 Å². The van der Waals surface area contributed by atoms with Crippen molar-refractivity contribution in [3.05, 3.63) is 28.3 Å². The summed E-state index contributed by atoms with van der Waals surface area (Å²) in [6, 6.07) is 4.29. The van der Waals surface area contributed by atoms with Crippen molar-refractivity contribution >= 4 is 11.6 Å². The van der Waals surface area contributed by atoms with E-state index in [-0.39, 0.29) is 11.6 Å². The zero-order valence-corrected chi connectivity index (χ0v) is 12.4. The first-order chi connectivity index (χ1) is 8.44. The normalized spacial score (nSPS) is 21.3. The summed E-state index contributed by atoms with van der Waals surface area (Å²) in [5.41, 5.74) is 2.14. The molecule has 1 aromatic carbocycles. The SMILES string of the molecule is CCCNC1CC(C)(C)Oc2c(C)ccc(Cl)c21. The van der Waals surface area contributed by atoms with Crippen molar-refractivity contribution in [3.63, 3.8) is 0 Å². The molecule has 1 heterocycles. The molecule has 0 fully saturated rings. The predicted octanol–water partition coefficient (Wildman–Crippen LogP) is 4.25. The van der Waals surface area contributed by atoms with Gasteiger partial charge in [-0.1, -0.05) is 24.6 Å². The molecular formula is C15H22ClNO. The van der Waals surface area contributed by atoms with Crippen LogP contribution in [0.2, 0.25) is 5.02 Å². The Balaban J connectivity index is 2.43. The number of hydrogen-bond donors (Lipinski definition) is 1. The van der Waals surface area contributed by atoms with E-state index in [1.165, 1.54) is 0 Å². The highest BCUT2D eigenvalue weighted by Crippen LogP contribution is 2.44. The first-order valence-electron chi connectivity index (χ1n) is 6.66. The van der Waals surface area contributed by atoms with E-state index in [0.717, 1.165) is 41.3 Å². The van der Waals surface area contributed by atoms with Crippen molar-refractivity contribution in [2.45, 2.75) is 52.2 Å². The second kappa shape index (κ2) is 5.10. The smallest absolute Gasteiger partial charge is 0.129 e. The van der Waals surface area contributed by atoms with Crippen LogP contribution < -0.4 is 10.1 Å². The Morgan fingerprint density at radius 1 is 1.44 bits per heavy atom. The standard InChI is InChI=1S/C15H22ClNO/c1-5-8-17-12-9-15(3,4)18-14-10(2)6-7-11(16)13(12)14/h6-7,12,17H,5,8-9H2,1-4H3. The molecule has 0 saturated heterocycles. The summed E-state index contributed by atoms with van der Waals surface area (Å²) < 4.78 is 6.12. The zero-order valence-electron chi connectivity index (χ0n) is 11.6. The highest BCUT2D eigenvalue weighted by Gasteiger charge is 2.35. The summed E-state index contributed by atoms with van der Waals surface area (Å²) >= 11 is 6.36. The van der Waals surface area contributed by atoms with E-state index < -0.39 is 0 Å². The van der Waals surface area contributed by atoms with Gasteiger partial charge in [0.05, 0.1) is 0 Å². The lowest BCUT2D eigenvalue weighted by Crippen LogP contribution is -2.40. The second-order valence-electron chi connectivity index (χ2n) is 5.68. The number of nitrogens with one attached hydrogen (secondary N) is 1. The van der Waals surface area contributed by atoms with Crippen molar-refractivity contribution in [3.8, 4) is 5.75 Å². The van der Waals surface area contributed by atoms with Crippen LogP contribution in [0.25, 0.3) is 0 Å². The van der Waals surface area contributed by atoms with Crippen LogP contribution in [0.15, 0.2) is 12.1 Å². The Hall–Kier alpha value is -0.730. The molecule has 0 aromatic heterocycles. The molecule has 1 aromatic rings. The molecular weight excluding hydrogens is 246 g/mol. The number of benzene rings is 1. The van der Waals surface area contributed by atoms with Gasteiger partial charge in [-0.25, -0.2) is 0 Å². The van der Waals surface area contributed by atoms with Gasteiger partial charge in [0.25, 0.3) is 0 Å². The zero-order chi connectivity index (χ0) is 13.3. The van der Waals surface area contributed by atoms with E-state index in [4.69, 9.17) is 16.3 Å². The number of fused-ring (bicyclic) bond motifs is 1. The predicted molar refractivity (Wildman–Crippen MR) is 76.5 cm³/mol. The Kier molecular flexibility index (Phi) is 3.88. The van der Waals surface area contributed by atoms with Crippen molar-refractivity contribution in [1.29, 1.82) is 0 Å². The van der Waals surface area contributed by atoms with E-state index in [1.807, 2.05) is 12.1 Å². The van der Waals surface area contributed by atoms with Gasteiger partial charge >= 0.3 is 0 Å². The highest BCUT2D eigenvalue weighted by atomic mass is 35.5. The van der Waals surface area contributed by atoms with Crippen molar-refractivity contribution < 1.29 is 4.74 Å². The first kappa shape index (κ1) is 13.7. The molecule has 0 radical (unpaired) electrons. The maximum Gasteiger partial charge on any atom is 0.129 e. The van der Waals surface area contributed by atoms with Crippen molar-refractivity contribution in [1.82, 2.24) is 5.32 Å².